The molecule has 1 aliphatic rings. The number of nitrogens with two attached hydrogens (primary N) is 1. The third kappa shape index (κ3) is 4.91. The molecule has 1 aromatic carbocycles. The number of methoxy groups -OCH3 is 1. The topological polar surface area (TPSA) is 114 Å². The van der Waals surface area contributed by atoms with E-state index < -0.39 is 16.1 Å². The summed E-state index contributed by atoms with van der Waals surface area (Å²) < 4.78 is 28.4. The van der Waals surface area contributed by atoms with Gasteiger partial charge in [-0.15, -0.1) is 0 Å². The molecule has 4 N–H and O–H groups in total. The van der Waals surface area contributed by atoms with Gasteiger partial charge in [-0.05, 0) is 38.5 Å². The summed E-state index contributed by atoms with van der Waals surface area (Å²) in [6.07, 6.45) is -0.0926. The van der Waals surface area contributed by atoms with E-state index in [1.165, 1.54) is 12.1 Å². The first kappa shape index (κ1) is 19.6. The second kappa shape index (κ2) is 7.69. The number of anilines is 1. The summed E-state index contributed by atoms with van der Waals surface area (Å²) in [6, 6.07) is 4.17. The molecule has 8 nitrogen and oxygen atoms in total. The maximum Gasteiger partial charge on any atom is 0.319 e. The van der Waals surface area contributed by atoms with Crippen LogP contribution >= 0.6 is 0 Å². The molecule has 0 bridgehead atoms. The van der Waals surface area contributed by atoms with Crippen LogP contribution in [0, 0.1) is 6.92 Å². The summed E-state index contributed by atoms with van der Waals surface area (Å²) in [5, 5.41) is 10.7. The molecule has 1 aliphatic heterocycles. The van der Waals surface area contributed by atoms with Crippen molar-refractivity contribution in [1.82, 2.24) is 10.2 Å². The zero-order chi connectivity index (χ0) is 18.8. The van der Waals surface area contributed by atoms with E-state index in [1.807, 2.05) is 0 Å². The van der Waals surface area contributed by atoms with Gasteiger partial charge in [0, 0.05) is 31.9 Å². The fourth-order valence-electron chi connectivity index (χ4n) is 2.84. The fraction of sp³-hybridized carbons (Fsp3) is 0.562. The highest BCUT2D eigenvalue weighted by atomic mass is 32.2. The maximum atomic E-state index is 12.3. The first-order valence-electron chi connectivity index (χ1n) is 8.09. The molecule has 2 atom stereocenters. The second-order valence-corrected chi connectivity index (χ2v) is 8.11. The molecule has 140 valence electrons. The third-order valence-electron chi connectivity index (χ3n) is 4.43. The van der Waals surface area contributed by atoms with E-state index in [2.05, 4.69) is 29.4 Å². The largest absolute Gasteiger partial charge is 0.378 e. The lowest BCUT2D eigenvalue weighted by atomic mass is 10.2. The summed E-state index contributed by atoms with van der Waals surface area (Å²) in [7, 11) is -2.20. The van der Waals surface area contributed by atoms with Gasteiger partial charge in [-0.2, -0.15) is 0 Å². The van der Waals surface area contributed by atoms with Gasteiger partial charge in [0.1, 0.15) is 0 Å². The minimum Gasteiger partial charge on any atom is -0.378 e. The van der Waals surface area contributed by atoms with Crippen LogP contribution < -0.4 is 15.8 Å². The number of carbonyl (C=O) groups excluding carboxylic acids is 1. The number of ether oxygens (including phenoxy) is 1. The minimum atomic E-state index is -3.83. The Bertz CT molecular complexity index is 736. The van der Waals surface area contributed by atoms with Gasteiger partial charge in [0.25, 0.3) is 0 Å². The van der Waals surface area contributed by atoms with E-state index in [0.29, 0.717) is 18.3 Å². The number of sulfonamides is 1. The highest BCUT2D eigenvalue weighted by Gasteiger charge is 2.35. The zero-order valence-electron chi connectivity index (χ0n) is 14.9. The molecule has 2 amide bonds. The molecule has 0 saturated carbocycles. The van der Waals surface area contributed by atoms with E-state index in [1.54, 1.807) is 20.1 Å². The van der Waals surface area contributed by atoms with Gasteiger partial charge < -0.3 is 15.4 Å². The van der Waals surface area contributed by atoms with Crippen LogP contribution in [0.5, 0.6) is 0 Å². The predicted molar refractivity (Wildman–Crippen MR) is 96.0 cm³/mol. The van der Waals surface area contributed by atoms with Crippen LogP contribution in [0.1, 0.15) is 19.4 Å². The quantitative estimate of drug-likeness (QED) is 0.712. The van der Waals surface area contributed by atoms with Crippen molar-refractivity contribution < 1.29 is 17.9 Å². The highest BCUT2D eigenvalue weighted by molar-refractivity contribution is 7.89. The Hall–Kier alpha value is -1.68. The van der Waals surface area contributed by atoms with Crippen molar-refractivity contribution in [1.29, 1.82) is 0 Å². The van der Waals surface area contributed by atoms with Crippen LogP contribution in [0.25, 0.3) is 0 Å². The molecule has 0 radical (unpaired) electrons. The van der Waals surface area contributed by atoms with Gasteiger partial charge in [0.05, 0.1) is 17.0 Å². The van der Waals surface area contributed by atoms with Gasteiger partial charge >= 0.3 is 6.03 Å². The summed E-state index contributed by atoms with van der Waals surface area (Å²) in [6.45, 7) is 7.41. The number of benzene rings is 1. The van der Waals surface area contributed by atoms with Gasteiger partial charge in [-0.1, -0.05) is 6.07 Å². The number of aryl methyl sites for hydroxylation is 1. The molecule has 0 aliphatic carbocycles. The first-order chi connectivity index (χ1) is 11.6. The number of likely N-dealkylation sites (tertiary alicyclic amines) is 1. The number of carbonyl (C=O) groups is 1. The van der Waals surface area contributed by atoms with Crippen LogP contribution in [0.3, 0.4) is 0 Å². The number of urea groups is 1. The summed E-state index contributed by atoms with van der Waals surface area (Å²) in [4.78, 5) is 14.5. The molecule has 25 heavy (non-hydrogen) atoms. The monoisotopic (exact) mass is 370 g/mol. The van der Waals surface area contributed by atoms with Crippen LogP contribution in [-0.4, -0.2) is 57.7 Å². The van der Waals surface area contributed by atoms with Gasteiger partial charge in [-0.3, -0.25) is 4.90 Å². The third-order valence-corrected chi connectivity index (χ3v) is 5.34. The van der Waals surface area contributed by atoms with Crippen LogP contribution in [0.15, 0.2) is 23.1 Å². The Morgan fingerprint density at radius 3 is 2.60 bits per heavy atom. The van der Waals surface area contributed by atoms with Crippen molar-refractivity contribution in [3.05, 3.63) is 23.8 Å². The molecule has 1 heterocycles. The van der Waals surface area contributed by atoms with Crippen molar-refractivity contribution in [2.45, 2.75) is 43.9 Å². The molecular weight excluding hydrogens is 344 g/mol. The Morgan fingerprint density at radius 2 is 2.04 bits per heavy atom. The number of amides is 2. The average Bonchev–Trinajstić information content (AvgIpc) is 2.91. The highest BCUT2D eigenvalue weighted by Crippen LogP contribution is 2.20. The van der Waals surface area contributed by atoms with E-state index in [-0.39, 0.29) is 17.0 Å². The van der Waals surface area contributed by atoms with E-state index in [4.69, 9.17) is 9.88 Å². The SMILES string of the molecule is CO[C@@H]1CN(C(C)C)C[C@H]1NC(=O)Nc1cc(S(N)(=O)=O)ccc1C. The Labute approximate surface area is 148 Å². The number of nitrogens with one attached hydrogen (secondary N) is 2. The molecule has 1 saturated heterocycles. The Balaban J connectivity index is 2.08. The van der Waals surface area contributed by atoms with E-state index >= 15 is 0 Å². The number of hydrogen-bond acceptors (Lipinski definition) is 5. The standard InChI is InChI=1S/C16H26N4O4S/c1-10(2)20-8-14(15(9-20)24-4)19-16(21)18-13-7-12(25(17,22)23)6-5-11(13)3/h5-7,10,14-15H,8-9H2,1-4H3,(H2,17,22,23)(H2,18,19,21)/t14-,15-/m1/s1. The van der Waals surface area contributed by atoms with Crippen molar-refractivity contribution in [3.63, 3.8) is 0 Å². The normalized spacial score (nSPS) is 21.5. The Kier molecular flexibility index (Phi) is 6.04. The maximum absolute atomic E-state index is 12.3. The molecule has 2 rings (SSSR count). The van der Waals surface area contributed by atoms with E-state index in [0.717, 1.165) is 12.1 Å². The molecule has 0 spiro atoms. The lowest BCUT2D eigenvalue weighted by molar-refractivity contribution is 0.0896. The fourth-order valence-corrected chi connectivity index (χ4v) is 3.38. The molecule has 1 fully saturated rings. The first-order valence-corrected chi connectivity index (χ1v) is 9.64. The number of hydrogen-bond donors (Lipinski definition) is 3. The van der Waals surface area contributed by atoms with Gasteiger partial charge in [0.15, 0.2) is 0 Å². The van der Waals surface area contributed by atoms with Gasteiger partial charge in [-0.25, -0.2) is 18.4 Å². The van der Waals surface area contributed by atoms with Crippen molar-refractivity contribution in [3.8, 4) is 0 Å². The Morgan fingerprint density at radius 1 is 1.36 bits per heavy atom. The van der Waals surface area contributed by atoms with Crippen LogP contribution in [-0.2, 0) is 14.8 Å². The molecule has 0 unspecified atom stereocenters. The van der Waals surface area contributed by atoms with Crippen LogP contribution in [0.4, 0.5) is 10.5 Å². The van der Waals surface area contributed by atoms with Crippen LogP contribution in [0.2, 0.25) is 0 Å². The number of nitrogens with zero attached hydrogens (tertiary/aromatic N) is 1. The minimum absolute atomic E-state index is 0.0463. The predicted octanol–water partition coefficient (Wildman–Crippen LogP) is 0.872. The smallest absolute Gasteiger partial charge is 0.319 e. The summed E-state index contributed by atoms with van der Waals surface area (Å²) >= 11 is 0. The van der Waals surface area contributed by atoms with Gasteiger partial charge in [0.2, 0.25) is 10.0 Å². The van der Waals surface area contributed by atoms with E-state index in [9.17, 15) is 13.2 Å². The molecular formula is C16H26N4O4S. The molecule has 0 aromatic heterocycles. The van der Waals surface area contributed by atoms with Crippen molar-refractivity contribution >= 4 is 21.7 Å². The molecule has 1 aromatic rings. The van der Waals surface area contributed by atoms with Crippen molar-refractivity contribution in [2.75, 3.05) is 25.5 Å². The summed E-state index contributed by atoms with van der Waals surface area (Å²) in [5.74, 6) is 0. The summed E-state index contributed by atoms with van der Waals surface area (Å²) in [5.41, 5.74) is 1.14. The number of primary sulfonamides is 1. The lowest BCUT2D eigenvalue weighted by Gasteiger charge is -2.20. The second-order valence-electron chi connectivity index (χ2n) is 6.55. The van der Waals surface area contributed by atoms with Crippen molar-refractivity contribution in [2.24, 2.45) is 5.14 Å². The lowest BCUT2D eigenvalue weighted by Crippen LogP contribution is -2.45. The average molecular weight is 370 g/mol. The number of rotatable bonds is 5. The molecule has 9 heteroatoms. The zero-order valence-corrected chi connectivity index (χ0v) is 15.8.